The van der Waals surface area contributed by atoms with E-state index in [0.29, 0.717) is 13.0 Å². The largest absolute Gasteiger partial charge is 0.508 e. The Hall–Kier alpha value is -1.42. The van der Waals surface area contributed by atoms with Gasteiger partial charge < -0.3 is 5.11 Å². The second-order valence-electron chi connectivity index (χ2n) is 4.29. The number of nitrogens with zero attached hydrogens (tertiary/aromatic N) is 1. The van der Waals surface area contributed by atoms with Crippen LogP contribution in [0.4, 0.5) is 0 Å². The zero-order valence-corrected chi connectivity index (χ0v) is 10.8. The topological polar surface area (TPSA) is 41.2 Å². The number of aromatic nitrogens is 1. The predicted octanol–water partition coefficient (Wildman–Crippen LogP) is 2.24. The molecule has 3 nitrogen and oxygen atoms in total. The van der Waals surface area contributed by atoms with Crippen LogP contribution < -0.4 is 4.57 Å². The number of aliphatic hydroxyl groups excluding tert-OH is 1. The molecule has 0 saturated carbocycles. The minimum atomic E-state index is -0.0991. The molecular formula is C13H16NO2S+. The van der Waals surface area contributed by atoms with Crippen molar-refractivity contribution in [3.63, 3.8) is 0 Å². The van der Waals surface area contributed by atoms with E-state index in [0.717, 1.165) is 5.69 Å². The van der Waals surface area contributed by atoms with Crippen molar-refractivity contribution < 1.29 is 14.5 Å². The van der Waals surface area contributed by atoms with Crippen LogP contribution in [0.1, 0.15) is 17.0 Å². The predicted molar refractivity (Wildman–Crippen MR) is 67.0 cm³/mol. The van der Waals surface area contributed by atoms with Gasteiger partial charge >= 0.3 is 0 Å². The second kappa shape index (κ2) is 4.84. The Morgan fingerprint density at radius 1 is 1.59 bits per heavy atom. The van der Waals surface area contributed by atoms with Crippen LogP contribution in [-0.2, 0) is 11.3 Å². The SMILES string of the molecule is Cc1sc[n+](CC(=O)C2C=CC(O)=CC2)c1C. The number of carbonyl (C=O) groups is 1. The molecule has 1 aliphatic rings. The molecule has 0 spiro atoms. The summed E-state index contributed by atoms with van der Waals surface area (Å²) in [6.45, 7) is 4.50. The summed E-state index contributed by atoms with van der Waals surface area (Å²) in [5, 5.41) is 9.21. The molecule has 1 unspecified atom stereocenters. The fraction of sp³-hybridized carbons (Fsp3) is 0.385. The van der Waals surface area contributed by atoms with Gasteiger partial charge in [0.2, 0.25) is 17.8 Å². The van der Waals surface area contributed by atoms with E-state index in [1.807, 2.05) is 17.0 Å². The standard InChI is InChI=1S/C13H15NO2S/c1-9-10(2)17-8-14(9)7-13(16)11-3-5-12(15)6-4-11/h3,5-6,8,11H,4,7H2,1-2H3/p+1. The molecule has 0 bridgehead atoms. The van der Waals surface area contributed by atoms with Crippen molar-refractivity contribution in [3.8, 4) is 0 Å². The second-order valence-corrected chi connectivity index (χ2v) is 5.35. The summed E-state index contributed by atoms with van der Waals surface area (Å²) in [6.07, 6.45) is 5.68. The normalized spacial score (nSPS) is 19.2. The molecule has 1 N–H and O–H groups in total. The highest BCUT2D eigenvalue weighted by molar-refractivity contribution is 7.09. The quantitative estimate of drug-likeness (QED) is 0.836. The Labute approximate surface area is 105 Å². The van der Waals surface area contributed by atoms with Crippen molar-refractivity contribution >= 4 is 17.1 Å². The lowest BCUT2D eigenvalue weighted by Gasteiger charge is -2.10. The van der Waals surface area contributed by atoms with E-state index in [4.69, 9.17) is 0 Å². The zero-order valence-electron chi connectivity index (χ0n) is 10.0. The van der Waals surface area contributed by atoms with E-state index in [9.17, 15) is 9.90 Å². The Balaban J connectivity index is 2.03. The van der Waals surface area contributed by atoms with Crippen LogP contribution in [0.5, 0.6) is 0 Å². The first kappa shape index (κ1) is 12.0. The third-order valence-electron chi connectivity index (χ3n) is 3.12. The van der Waals surface area contributed by atoms with Crippen LogP contribution in [0.15, 0.2) is 29.5 Å². The fourth-order valence-electron chi connectivity index (χ4n) is 1.80. The average molecular weight is 250 g/mol. The van der Waals surface area contributed by atoms with Crippen molar-refractivity contribution in [1.82, 2.24) is 0 Å². The molecule has 0 aromatic carbocycles. The third-order valence-corrected chi connectivity index (χ3v) is 4.13. The van der Waals surface area contributed by atoms with Gasteiger partial charge in [-0.15, -0.1) is 0 Å². The van der Waals surface area contributed by atoms with Gasteiger partial charge in [0.1, 0.15) is 5.76 Å². The number of carbonyl (C=O) groups excluding carboxylic acids is 1. The Morgan fingerprint density at radius 2 is 2.35 bits per heavy atom. The molecule has 0 amide bonds. The van der Waals surface area contributed by atoms with Crippen molar-refractivity contribution in [2.24, 2.45) is 5.92 Å². The number of aryl methyl sites for hydroxylation is 1. The maximum atomic E-state index is 12.1. The van der Waals surface area contributed by atoms with E-state index in [1.54, 1.807) is 29.6 Å². The van der Waals surface area contributed by atoms with Crippen LogP contribution >= 0.6 is 11.3 Å². The average Bonchev–Trinajstić information content (AvgIpc) is 2.62. The van der Waals surface area contributed by atoms with E-state index in [1.165, 1.54) is 4.88 Å². The molecule has 0 aliphatic heterocycles. The highest BCUT2D eigenvalue weighted by Crippen LogP contribution is 2.16. The van der Waals surface area contributed by atoms with E-state index >= 15 is 0 Å². The minimum Gasteiger partial charge on any atom is -0.508 e. The number of hydrogen-bond acceptors (Lipinski definition) is 3. The van der Waals surface area contributed by atoms with Crippen LogP contribution in [0, 0.1) is 19.8 Å². The van der Waals surface area contributed by atoms with Crippen LogP contribution in [-0.4, -0.2) is 10.9 Å². The van der Waals surface area contributed by atoms with Crippen molar-refractivity contribution in [1.29, 1.82) is 0 Å². The van der Waals surface area contributed by atoms with E-state index in [-0.39, 0.29) is 17.5 Å². The van der Waals surface area contributed by atoms with Crippen molar-refractivity contribution in [3.05, 3.63) is 40.1 Å². The molecule has 1 heterocycles. The third kappa shape index (κ3) is 2.64. The molecule has 90 valence electrons. The van der Waals surface area contributed by atoms with E-state index in [2.05, 4.69) is 6.92 Å². The molecule has 0 fully saturated rings. The van der Waals surface area contributed by atoms with Gasteiger partial charge in [-0.1, -0.05) is 17.4 Å². The highest BCUT2D eigenvalue weighted by Gasteiger charge is 2.23. The van der Waals surface area contributed by atoms with Gasteiger partial charge in [-0.25, -0.2) is 0 Å². The molecule has 1 aromatic rings. The summed E-state index contributed by atoms with van der Waals surface area (Å²) in [5.41, 5.74) is 3.14. The Kier molecular flexibility index (Phi) is 3.43. The fourth-order valence-corrected chi connectivity index (χ4v) is 2.60. The van der Waals surface area contributed by atoms with Gasteiger partial charge in [0.05, 0.1) is 4.88 Å². The van der Waals surface area contributed by atoms with Crippen molar-refractivity contribution in [2.45, 2.75) is 26.8 Å². The number of allylic oxidation sites excluding steroid dienone is 3. The first-order valence-corrected chi connectivity index (χ1v) is 6.50. The van der Waals surface area contributed by atoms with Gasteiger partial charge in [-0.2, -0.15) is 4.57 Å². The summed E-state index contributed by atoms with van der Waals surface area (Å²) < 4.78 is 1.99. The Morgan fingerprint density at radius 3 is 2.88 bits per heavy atom. The number of hydrogen-bond donors (Lipinski definition) is 1. The summed E-state index contributed by atoms with van der Waals surface area (Å²) in [4.78, 5) is 13.3. The van der Waals surface area contributed by atoms with Crippen molar-refractivity contribution in [2.75, 3.05) is 0 Å². The van der Waals surface area contributed by atoms with E-state index < -0.39 is 0 Å². The summed E-state index contributed by atoms with van der Waals surface area (Å²) >= 11 is 1.66. The van der Waals surface area contributed by atoms with Gasteiger partial charge in [0.25, 0.3) is 0 Å². The van der Waals surface area contributed by atoms with Crippen LogP contribution in [0.25, 0.3) is 0 Å². The molecule has 0 radical (unpaired) electrons. The zero-order chi connectivity index (χ0) is 12.4. The summed E-state index contributed by atoms with van der Waals surface area (Å²) in [6, 6.07) is 0. The van der Waals surface area contributed by atoms with Gasteiger partial charge in [-0.3, -0.25) is 4.79 Å². The van der Waals surface area contributed by atoms with Crippen LogP contribution in [0.3, 0.4) is 0 Å². The number of aliphatic hydroxyl groups is 1. The first-order chi connectivity index (χ1) is 8.08. The maximum Gasteiger partial charge on any atom is 0.225 e. The monoisotopic (exact) mass is 250 g/mol. The summed E-state index contributed by atoms with van der Waals surface area (Å²) in [5.74, 6) is 0.346. The lowest BCUT2D eigenvalue weighted by molar-refractivity contribution is -0.685. The highest BCUT2D eigenvalue weighted by atomic mass is 32.1. The van der Waals surface area contributed by atoms with Crippen LogP contribution in [0.2, 0.25) is 0 Å². The minimum absolute atomic E-state index is 0.0991. The molecular weight excluding hydrogens is 234 g/mol. The Bertz CT molecular complexity index is 500. The molecule has 4 heteroatoms. The molecule has 0 saturated heterocycles. The number of ketones is 1. The van der Waals surface area contributed by atoms with Gasteiger partial charge in [0, 0.05) is 12.8 Å². The molecule has 17 heavy (non-hydrogen) atoms. The lowest BCUT2D eigenvalue weighted by Crippen LogP contribution is -2.40. The molecule has 1 atom stereocenters. The number of rotatable bonds is 3. The molecule has 1 aliphatic carbocycles. The van der Waals surface area contributed by atoms with Gasteiger partial charge in [-0.05, 0) is 25.5 Å². The number of thiazole rings is 1. The number of Topliss-reactive ketones (excluding diaryl/α,β-unsaturated/α-hetero) is 1. The molecule has 2 rings (SSSR count). The molecule has 1 aromatic heterocycles. The smallest absolute Gasteiger partial charge is 0.225 e. The summed E-state index contributed by atoms with van der Waals surface area (Å²) in [7, 11) is 0. The lowest BCUT2D eigenvalue weighted by atomic mass is 9.95. The van der Waals surface area contributed by atoms with Gasteiger partial charge in [0.15, 0.2) is 5.69 Å². The first-order valence-electron chi connectivity index (χ1n) is 5.62. The maximum absolute atomic E-state index is 12.1.